The maximum absolute atomic E-state index is 5.78. The fourth-order valence-corrected chi connectivity index (χ4v) is 3.72. The molecule has 0 radical (unpaired) electrons. The maximum Gasteiger partial charge on any atom is 0.0576 e. The van der Waals surface area contributed by atoms with E-state index in [2.05, 4.69) is 45.1 Å². The molecular weight excluding hydrogens is 236 g/mol. The van der Waals surface area contributed by atoms with Crippen molar-refractivity contribution in [3.63, 3.8) is 0 Å². The van der Waals surface area contributed by atoms with Crippen molar-refractivity contribution in [2.24, 2.45) is 0 Å². The van der Waals surface area contributed by atoms with Gasteiger partial charge in [0.2, 0.25) is 0 Å². The van der Waals surface area contributed by atoms with Gasteiger partial charge in [-0.1, -0.05) is 20.8 Å². The number of nitrogens with one attached hydrogen (secondary N) is 1. The summed E-state index contributed by atoms with van der Waals surface area (Å²) < 4.78 is 5.78. The molecule has 3 nitrogen and oxygen atoms in total. The summed E-state index contributed by atoms with van der Waals surface area (Å²) in [4.78, 5) is 2.43. The first-order valence-corrected chi connectivity index (χ1v) is 8.13. The third-order valence-electron chi connectivity index (χ3n) is 5.02. The molecule has 1 saturated heterocycles. The SMILES string of the molecule is CCNC(CCC1CCCO1)C(CC)(CC)N(C)C. The van der Waals surface area contributed by atoms with E-state index in [0.717, 1.165) is 13.2 Å². The first-order valence-electron chi connectivity index (χ1n) is 8.13. The highest BCUT2D eigenvalue weighted by molar-refractivity contribution is 4.97. The van der Waals surface area contributed by atoms with Gasteiger partial charge in [-0.15, -0.1) is 0 Å². The summed E-state index contributed by atoms with van der Waals surface area (Å²) in [7, 11) is 4.45. The van der Waals surface area contributed by atoms with Crippen LogP contribution < -0.4 is 5.32 Å². The van der Waals surface area contributed by atoms with Crippen LogP contribution in [-0.2, 0) is 4.74 Å². The van der Waals surface area contributed by atoms with Gasteiger partial charge in [-0.2, -0.15) is 0 Å². The summed E-state index contributed by atoms with van der Waals surface area (Å²) in [5.74, 6) is 0. The number of likely N-dealkylation sites (N-methyl/N-ethyl adjacent to an activating group) is 2. The molecule has 0 spiro atoms. The standard InChI is InChI=1S/C16H34N2O/c1-6-16(7-2,18(4)5)15(17-8-3)12-11-14-10-9-13-19-14/h14-15,17H,6-13H2,1-5H3. The molecule has 0 aromatic heterocycles. The Labute approximate surface area is 120 Å². The number of nitrogens with zero attached hydrogens (tertiary/aromatic N) is 1. The number of rotatable bonds is 9. The van der Waals surface area contributed by atoms with Crippen molar-refractivity contribution < 1.29 is 4.74 Å². The molecule has 2 unspecified atom stereocenters. The van der Waals surface area contributed by atoms with Gasteiger partial charge >= 0.3 is 0 Å². The van der Waals surface area contributed by atoms with Gasteiger partial charge < -0.3 is 15.0 Å². The number of hydrogen-bond donors (Lipinski definition) is 1. The Morgan fingerprint density at radius 1 is 1.26 bits per heavy atom. The Kier molecular flexibility index (Phi) is 7.33. The van der Waals surface area contributed by atoms with Crippen LogP contribution in [-0.4, -0.2) is 49.8 Å². The van der Waals surface area contributed by atoms with Crippen molar-refractivity contribution in [2.75, 3.05) is 27.2 Å². The first-order chi connectivity index (χ1) is 9.10. The van der Waals surface area contributed by atoms with Gasteiger partial charge in [0.15, 0.2) is 0 Å². The lowest BCUT2D eigenvalue weighted by molar-refractivity contribution is 0.0627. The van der Waals surface area contributed by atoms with Crippen molar-refractivity contribution in [1.29, 1.82) is 0 Å². The van der Waals surface area contributed by atoms with E-state index < -0.39 is 0 Å². The van der Waals surface area contributed by atoms with Gasteiger partial charge in [0.25, 0.3) is 0 Å². The van der Waals surface area contributed by atoms with Crippen LogP contribution in [0.4, 0.5) is 0 Å². The van der Waals surface area contributed by atoms with Crippen LogP contribution in [0.3, 0.4) is 0 Å². The highest BCUT2D eigenvalue weighted by Gasteiger charge is 2.37. The van der Waals surface area contributed by atoms with E-state index in [1.54, 1.807) is 0 Å². The van der Waals surface area contributed by atoms with Crippen molar-refractivity contribution in [3.8, 4) is 0 Å². The molecule has 114 valence electrons. The van der Waals surface area contributed by atoms with Crippen LogP contribution in [0.1, 0.15) is 59.3 Å². The second-order valence-corrected chi connectivity index (χ2v) is 6.03. The van der Waals surface area contributed by atoms with Gasteiger partial charge in [-0.3, -0.25) is 0 Å². The molecule has 0 aromatic carbocycles. The van der Waals surface area contributed by atoms with E-state index >= 15 is 0 Å². The Morgan fingerprint density at radius 2 is 1.95 bits per heavy atom. The van der Waals surface area contributed by atoms with Crippen LogP contribution in [0.15, 0.2) is 0 Å². The lowest BCUT2D eigenvalue weighted by Gasteiger charge is -2.46. The molecule has 3 heteroatoms. The summed E-state index contributed by atoms with van der Waals surface area (Å²) in [5.41, 5.74) is 0.272. The van der Waals surface area contributed by atoms with Gasteiger partial charge in [-0.05, 0) is 59.2 Å². The minimum Gasteiger partial charge on any atom is -0.378 e. The van der Waals surface area contributed by atoms with E-state index in [0.29, 0.717) is 12.1 Å². The van der Waals surface area contributed by atoms with Gasteiger partial charge in [0, 0.05) is 18.2 Å². The molecule has 0 amide bonds. The number of hydrogen-bond acceptors (Lipinski definition) is 3. The largest absolute Gasteiger partial charge is 0.378 e. The highest BCUT2D eigenvalue weighted by Crippen LogP contribution is 2.30. The van der Waals surface area contributed by atoms with Gasteiger partial charge in [-0.25, -0.2) is 0 Å². The predicted molar refractivity (Wildman–Crippen MR) is 82.7 cm³/mol. The summed E-state index contributed by atoms with van der Waals surface area (Å²) in [6.07, 6.45) is 7.82. The fourth-order valence-electron chi connectivity index (χ4n) is 3.72. The molecule has 0 saturated carbocycles. The molecule has 1 N–H and O–H groups in total. The monoisotopic (exact) mass is 270 g/mol. The zero-order chi connectivity index (χ0) is 14.3. The number of ether oxygens (including phenoxy) is 1. The van der Waals surface area contributed by atoms with Crippen LogP contribution in [0, 0.1) is 0 Å². The van der Waals surface area contributed by atoms with Gasteiger partial charge in [0.05, 0.1) is 6.10 Å². The fraction of sp³-hybridized carbons (Fsp3) is 1.00. The first kappa shape index (κ1) is 16.9. The average Bonchev–Trinajstić information content (AvgIpc) is 2.90. The summed E-state index contributed by atoms with van der Waals surface area (Å²) >= 11 is 0. The quantitative estimate of drug-likeness (QED) is 0.697. The van der Waals surface area contributed by atoms with Crippen LogP contribution in [0.25, 0.3) is 0 Å². The molecule has 2 atom stereocenters. The molecule has 1 rings (SSSR count). The minimum atomic E-state index is 0.272. The van der Waals surface area contributed by atoms with Crippen molar-refractivity contribution in [1.82, 2.24) is 10.2 Å². The topological polar surface area (TPSA) is 24.5 Å². The zero-order valence-corrected chi connectivity index (χ0v) is 13.7. The molecule has 19 heavy (non-hydrogen) atoms. The third-order valence-corrected chi connectivity index (χ3v) is 5.02. The van der Waals surface area contributed by atoms with E-state index in [9.17, 15) is 0 Å². The lowest BCUT2D eigenvalue weighted by atomic mass is 9.80. The van der Waals surface area contributed by atoms with E-state index in [-0.39, 0.29) is 5.54 Å². The Hall–Kier alpha value is -0.120. The zero-order valence-electron chi connectivity index (χ0n) is 13.7. The summed E-state index contributed by atoms with van der Waals surface area (Å²) in [6.45, 7) is 8.87. The molecule has 0 aromatic rings. The van der Waals surface area contributed by atoms with Crippen molar-refractivity contribution >= 4 is 0 Å². The Morgan fingerprint density at radius 3 is 2.37 bits per heavy atom. The predicted octanol–water partition coefficient (Wildman–Crippen LogP) is 3.04. The van der Waals surface area contributed by atoms with E-state index in [1.165, 1.54) is 38.5 Å². The average molecular weight is 270 g/mol. The molecule has 1 aliphatic heterocycles. The Bertz CT molecular complexity index is 233. The molecular formula is C16H34N2O. The summed E-state index contributed by atoms with van der Waals surface area (Å²) in [6, 6.07) is 0.562. The van der Waals surface area contributed by atoms with Crippen LogP contribution >= 0.6 is 0 Å². The highest BCUT2D eigenvalue weighted by atomic mass is 16.5. The normalized spacial score (nSPS) is 22.1. The van der Waals surface area contributed by atoms with Crippen molar-refractivity contribution in [2.45, 2.75) is 77.0 Å². The lowest BCUT2D eigenvalue weighted by Crippen LogP contribution is -2.58. The van der Waals surface area contributed by atoms with E-state index in [4.69, 9.17) is 4.74 Å². The molecule has 1 heterocycles. The molecule has 1 fully saturated rings. The second kappa shape index (κ2) is 8.23. The smallest absolute Gasteiger partial charge is 0.0576 e. The minimum absolute atomic E-state index is 0.272. The maximum atomic E-state index is 5.78. The Balaban J connectivity index is 2.66. The molecule has 0 bridgehead atoms. The second-order valence-electron chi connectivity index (χ2n) is 6.03. The summed E-state index contributed by atoms with van der Waals surface area (Å²) in [5, 5.41) is 3.73. The van der Waals surface area contributed by atoms with Gasteiger partial charge in [0.1, 0.15) is 0 Å². The molecule has 1 aliphatic rings. The van der Waals surface area contributed by atoms with Crippen LogP contribution in [0.2, 0.25) is 0 Å². The third kappa shape index (κ3) is 4.17. The molecule has 0 aliphatic carbocycles. The van der Waals surface area contributed by atoms with Crippen molar-refractivity contribution in [3.05, 3.63) is 0 Å². The van der Waals surface area contributed by atoms with E-state index in [1.807, 2.05) is 0 Å². The van der Waals surface area contributed by atoms with Crippen LogP contribution in [0.5, 0.6) is 0 Å².